The van der Waals surface area contributed by atoms with Gasteiger partial charge in [-0.25, -0.2) is 14.1 Å². The molecule has 0 spiro atoms. The summed E-state index contributed by atoms with van der Waals surface area (Å²) in [4.78, 5) is 38.8. The Kier molecular flexibility index (Phi) is 8.24. The zero-order valence-electron chi connectivity index (χ0n) is 18.9. The maximum atomic E-state index is 13.3. The van der Waals surface area contributed by atoms with Crippen LogP contribution in [-0.2, 0) is 16.2 Å². The molecule has 1 aliphatic heterocycles. The summed E-state index contributed by atoms with van der Waals surface area (Å²) in [5.74, 6) is -1.16. The van der Waals surface area contributed by atoms with Crippen LogP contribution in [0.15, 0.2) is 66.2 Å². The van der Waals surface area contributed by atoms with E-state index in [0.717, 1.165) is 26.2 Å². The third kappa shape index (κ3) is 5.86. The van der Waals surface area contributed by atoms with E-state index in [0.29, 0.717) is 33.8 Å². The van der Waals surface area contributed by atoms with Crippen molar-refractivity contribution in [1.82, 2.24) is 5.32 Å². The number of carbonyl (C=O) groups excluding carboxylic acids is 3. The first-order valence-corrected chi connectivity index (χ1v) is 12.9. The number of imide groups is 2. The van der Waals surface area contributed by atoms with Gasteiger partial charge in [-0.15, -0.1) is 0 Å². The van der Waals surface area contributed by atoms with Crippen molar-refractivity contribution in [3.8, 4) is 11.5 Å². The van der Waals surface area contributed by atoms with Crippen LogP contribution < -0.4 is 19.7 Å². The Hall–Kier alpha value is -3.00. The molecule has 0 radical (unpaired) electrons. The van der Waals surface area contributed by atoms with Crippen molar-refractivity contribution in [1.29, 1.82) is 0 Å². The van der Waals surface area contributed by atoms with Gasteiger partial charge in [0.15, 0.2) is 11.5 Å². The Labute approximate surface area is 233 Å². The van der Waals surface area contributed by atoms with Gasteiger partial charge in [-0.2, -0.15) is 0 Å². The van der Waals surface area contributed by atoms with Gasteiger partial charge in [0.2, 0.25) is 0 Å². The summed E-state index contributed by atoms with van der Waals surface area (Å²) < 4.78 is 27.0. The van der Waals surface area contributed by atoms with Gasteiger partial charge in [-0.3, -0.25) is 14.9 Å². The number of benzene rings is 3. The van der Waals surface area contributed by atoms with Crippen LogP contribution in [0.3, 0.4) is 0 Å². The number of urea groups is 1. The Bertz CT molecular complexity index is 1360. The summed E-state index contributed by atoms with van der Waals surface area (Å²) in [5.41, 5.74) is 1.40. The largest absolute Gasteiger partial charge is 0.490 e. The van der Waals surface area contributed by atoms with Gasteiger partial charge in [-0.1, -0.05) is 12.1 Å². The monoisotopic (exact) mass is 712 g/mol. The molecular formula is C26H19FI2N2O5. The predicted octanol–water partition coefficient (Wildman–Crippen LogP) is 5.68. The Morgan fingerprint density at radius 2 is 1.67 bits per heavy atom. The first-order chi connectivity index (χ1) is 17.3. The summed E-state index contributed by atoms with van der Waals surface area (Å²) in [6.07, 6.45) is 1.38. The molecule has 0 unspecified atom stereocenters. The molecule has 10 heteroatoms. The summed E-state index contributed by atoms with van der Waals surface area (Å²) in [5, 5.41) is 2.16. The lowest BCUT2D eigenvalue weighted by Gasteiger charge is -2.26. The van der Waals surface area contributed by atoms with E-state index in [2.05, 4.69) is 50.5 Å². The van der Waals surface area contributed by atoms with Gasteiger partial charge in [0, 0.05) is 3.57 Å². The van der Waals surface area contributed by atoms with E-state index in [9.17, 15) is 18.8 Å². The summed E-state index contributed by atoms with van der Waals surface area (Å²) in [6, 6.07) is 15.3. The standard InChI is InChI=1S/C26H19FI2N2O5/c1-2-35-22-13-16(12-21(29)23(22)36-14-15-3-7-18(28)8-4-15)11-20-24(32)30-26(34)31(25(20)33)19-9-5-17(27)6-10-19/h3-13H,2,14H2,1H3,(H,30,32,34)/b20-11+. The van der Waals surface area contributed by atoms with Crippen molar-refractivity contribution in [2.45, 2.75) is 13.5 Å². The van der Waals surface area contributed by atoms with E-state index in [1.165, 1.54) is 18.2 Å². The maximum Gasteiger partial charge on any atom is 0.335 e. The molecule has 1 N–H and O–H groups in total. The fraction of sp³-hybridized carbons (Fsp3) is 0.115. The molecule has 0 aliphatic carbocycles. The van der Waals surface area contributed by atoms with E-state index in [1.807, 2.05) is 31.2 Å². The quantitative estimate of drug-likeness (QED) is 0.194. The number of nitrogens with zero attached hydrogens (tertiary/aromatic N) is 1. The molecular weight excluding hydrogens is 693 g/mol. The van der Waals surface area contributed by atoms with Gasteiger partial charge in [0.1, 0.15) is 18.0 Å². The SMILES string of the molecule is CCOc1cc(/C=C2\C(=O)NC(=O)N(c3ccc(F)cc3)C2=O)cc(I)c1OCc1ccc(I)cc1. The molecule has 7 nitrogen and oxygen atoms in total. The van der Waals surface area contributed by atoms with Crippen LogP contribution in [0, 0.1) is 13.0 Å². The Balaban J connectivity index is 1.65. The number of ether oxygens (including phenoxy) is 2. The van der Waals surface area contributed by atoms with Gasteiger partial charge < -0.3 is 9.47 Å². The second-order valence-electron chi connectivity index (χ2n) is 7.61. The number of rotatable bonds is 7. The van der Waals surface area contributed by atoms with E-state index in [1.54, 1.807) is 12.1 Å². The van der Waals surface area contributed by atoms with Crippen LogP contribution in [-0.4, -0.2) is 24.5 Å². The molecule has 0 saturated carbocycles. The lowest BCUT2D eigenvalue weighted by molar-refractivity contribution is -0.122. The average Bonchev–Trinajstić information content (AvgIpc) is 2.83. The molecule has 4 amide bonds. The Morgan fingerprint density at radius 1 is 0.972 bits per heavy atom. The summed E-state index contributed by atoms with van der Waals surface area (Å²) in [6.45, 7) is 2.55. The van der Waals surface area contributed by atoms with Crippen LogP contribution in [0.25, 0.3) is 6.08 Å². The van der Waals surface area contributed by atoms with Crippen LogP contribution in [0.5, 0.6) is 11.5 Å². The smallest absolute Gasteiger partial charge is 0.335 e. The number of hydrogen-bond donors (Lipinski definition) is 1. The number of nitrogens with one attached hydrogen (secondary N) is 1. The second-order valence-corrected chi connectivity index (χ2v) is 10.0. The first kappa shape index (κ1) is 26.1. The number of barbiturate groups is 1. The maximum absolute atomic E-state index is 13.3. The zero-order valence-corrected chi connectivity index (χ0v) is 23.2. The van der Waals surface area contributed by atoms with Gasteiger partial charge >= 0.3 is 6.03 Å². The number of halogens is 3. The second kappa shape index (κ2) is 11.4. The highest BCUT2D eigenvalue weighted by atomic mass is 127. The molecule has 1 aliphatic rings. The Morgan fingerprint density at radius 3 is 2.33 bits per heavy atom. The zero-order chi connectivity index (χ0) is 25.8. The highest BCUT2D eigenvalue weighted by molar-refractivity contribution is 14.1. The minimum absolute atomic E-state index is 0.140. The van der Waals surface area contributed by atoms with E-state index < -0.39 is 23.7 Å². The molecule has 1 heterocycles. The van der Waals surface area contributed by atoms with Gasteiger partial charge in [-0.05, 0) is 118 Å². The van der Waals surface area contributed by atoms with Crippen LogP contribution in [0.4, 0.5) is 14.9 Å². The molecule has 0 bridgehead atoms. The van der Waals surface area contributed by atoms with Crippen LogP contribution >= 0.6 is 45.2 Å². The fourth-order valence-corrected chi connectivity index (χ4v) is 4.60. The van der Waals surface area contributed by atoms with Crippen molar-refractivity contribution in [3.05, 3.63) is 90.3 Å². The summed E-state index contributed by atoms with van der Waals surface area (Å²) in [7, 11) is 0. The van der Waals surface area contributed by atoms with Crippen molar-refractivity contribution >= 4 is 74.8 Å². The number of carbonyl (C=O) groups is 3. The minimum Gasteiger partial charge on any atom is -0.490 e. The normalized spacial score (nSPS) is 14.7. The number of amides is 4. The van der Waals surface area contributed by atoms with E-state index in [4.69, 9.17) is 9.47 Å². The van der Waals surface area contributed by atoms with Crippen molar-refractivity contribution < 1.29 is 28.2 Å². The molecule has 1 saturated heterocycles. The third-order valence-corrected chi connectivity index (χ3v) is 6.65. The number of hydrogen-bond acceptors (Lipinski definition) is 5. The van der Waals surface area contributed by atoms with Gasteiger partial charge in [0.05, 0.1) is 15.9 Å². The predicted molar refractivity (Wildman–Crippen MR) is 149 cm³/mol. The first-order valence-electron chi connectivity index (χ1n) is 10.8. The topological polar surface area (TPSA) is 84.9 Å². The fourth-order valence-electron chi connectivity index (χ4n) is 3.46. The average molecular weight is 712 g/mol. The lowest BCUT2D eigenvalue weighted by atomic mass is 10.1. The number of anilines is 1. The molecule has 4 rings (SSSR count). The molecule has 184 valence electrons. The van der Waals surface area contributed by atoms with Crippen molar-refractivity contribution in [2.24, 2.45) is 0 Å². The van der Waals surface area contributed by atoms with Gasteiger partial charge in [0.25, 0.3) is 11.8 Å². The third-order valence-electron chi connectivity index (χ3n) is 5.13. The van der Waals surface area contributed by atoms with Crippen LogP contribution in [0.2, 0.25) is 0 Å². The van der Waals surface area contributed by atoms with E-state index >= 15 is 0 Å². The van der Waals surface area contributed by atoms with Crippen molar-refractivity contribution in [3.63, 3.8) is 0 Å². The van der Waals surface area contributed by atoms with Crippen molar-refractivity contribution in [2.75, 3.05) is 11.5 Å². The minimum atomic E-state index is -0.905. The van der Waals surface area contributed by atoms with E-state index in [-0.39, 0.29) is 11.3 Å². The molecule has 0 atom stereocenters. The molecule has 0 aromatic heterocycles. The highest BCUT2D eigenvalue weighted by Crippen LogP contribution is 2.36. The summed E-state index contributed by atoms with van der Waals surface area (Å²) >= 11 is 4.34. The van der Waals surface area contributed by atoms with Crippen LogP contribution in [0.1, 0.15) is 18.1 Å². The molecule has 3 aromatic rings. The highest BCUT2D eigenvalue weighted by Gasteiger charge is 2.36. The molecule has 36 heavy (non-hydrogen) atoms. The molecule has 1 fully saturated rings. The lowest BCUT2D eigenvalue weighted by Crippen LogP contribution is -2.54. The molecule has 3 aromatic carbocycles.